The number of halogens is 2. The molecule has 1 unspecified atom stereocenters. The van der Waals surface area contributed by atoms with Gasteiger partial charge in [-0.2, -0.15) is 0 Å². The Morgan fingerprint density at radius 3 is 2.26 bits per heavy atom. The summed E-state index contributed by atoms with van der Waals surface area (Å²) in [6.07, 6.45) is 0. The lowest BCUT2D eigenvalue weighted by atomic mass is 9.95. The highest BCUT2D eigenvalue weighted by Crippen LogP contribution is 2.43. The molecule has 1 aliphatic rings. The number of ether oxygens (including phenoxy) is 1. The third-order valence-electron chi connectivity index (χ3n) is 5.55. The number of hydrogen-bond donors (Lipinski definition) is 2. The number of rotatable bonds is 6. The van der Waals surface area contributed by atoms with Gasteiger partial charge in [-0.05, 0) is 72.1 Å². The van der Waals surface area contributed by atoms with E-state index in [2.05, 4.69) is 0 Å². The lowest BCUT2D eigenvalue weighted by Crippen LogP contribution is -2.29. The van der Waals surface area contributed by atoms with Gasteiger partial charge in [-0.1, -0.05) is 43.1 Å². The van der Waals surface area contributed by atoms with Crippen molar-refractivity contribution in [2.45, 2.75) is 19.9 Å². The number of benzene rings is 3. The van der Waals surface area contributed by atoms with Crippen LogP contribution in [-0.2, 0) is 9.59 Å². The predicted molar refractivity (Wildman–Crippen MR) is 136 cm³/mol. The van der Waals surface area contributed by atoms with Crippen molar-refractivity contribution < 1.29 is 24.5 Å². The number of phenols is 1. The van der Waals surface area contributed by atoms with Gasteiger partial charge in [0.2, 0.25) is 0 Å². The Kier molecular flexibility index (Phi) is 7.05. The standard InChI is InChI=1S/C27H23Cl2NO5/c1-15(2)14-35-20-10-3-16(4-11-20)25(32)23-24(17-5-12-22(31)21(29)13-17)30(27(34)26(23)33)19-8-6-18(28)7-9-19/h3-13,15,24,31-32H,14H2,1-2H3/b25-23-. The van der Waals surface area contributed by atoms with E-state index in [0.29, 0.717) is 40.1 Å². The zero-order valence-electron chi connectivity index (χ0n) is 19.0. The number of carbonyl (C=O) groups is 2. The Morgan fingerprint density at radius 1 is 1.00 bits per heavy atom. The lowest BCUT2D eigenvalue weighted by molar-refractivity contribution is -0.132. The van der Waals surface area contributed by atoms with Gasteiger partial charge >= 0.3 is 0 Å². The molecule has 1 saturated heterocycles. The first-order valence-corrected chi connectivity index (χ1v) is 11.7. The number of amides is 1. The summed E-state index contributed by atoms with van der Waals surface area (Å²) in [4.78, 5) is 27.7. The first-order valence-electron chi connectivity index (χ1n) is 11.0. The minimum absolute atomic E-state index is 0.0517. The zero-order chi connectivity index (χ0) is 25.3. The van der Waals surface area contributed by atoms with Gasteiger partial charge in [0.05, 0.1) is 23.2 Å². The van der Waals surface area contributed by atoms with Crippen LogP contribution < -0.4 is 9.64 Å². The molecule has 3 aromatic carbocycles. The van der Waals surface area contributed by atoms with Crippen LogP contribution in [0.1, 0.15) is 31.0 Å². The van der Waals surface area contributed by atoms with E-state index < -0.39 is 17.7 Å². The van der Waals surface area contributed by atoms with Gasteiger partial charge in [0.25, 0.3) is 11.7 Å². The van der Waals surface area contributed by atoms with Gasteiger partial charge in [0, 0.05) is 16.3 Å². The van der Waals surface area contributed by atoms with Crippen molar-refractivity contribution in [2.75, 3.05) is 11.5 Å². The number of phenolic OH excluding ortho intramolecular Hbond substituents is 1. The van der Waals surface area contributed by atoms with E-state index in [4.69, 9.17) is 27.9 Å². The second kappa shape index (κ2) is 10.0. The van der Waals surface area contributed by atoms with E-state index in [1.165, 1.54) is 17.0 Å². The van der Waals surface area contributed by atoms with Gasteiger partial charge in [-0.3, -0.25) is 14.5 Å². The molecule has 1 aliphatic heterocycles. The molecule has 4 rings (SSSR count). The summed E-state index contributed by atoms with van der Waals surface area (Å²) in [5, 5.41) is 21.6. The molecule has 0 aromatic heterocycles. The van der Waals surface area contributed by atoms with Crippen LogP contribution in [0.2, 0.25) is 10.0 Å². The van der Waals surface area contributed by atoms with E-state index in [0.717, 1.165) is 0 Å². The molecule has 180 valence electrons. The smallest absolute Gasteiger partial charge is 0.300 e. The molecule has 1 heterocycles. The highest BCUT2D eigenvalue weighted by Gasteiger charge is 2.47. The van der Waals surface area contributed by atoms with E-state index >= 15 is 0 Å². The first kappa shape index (κ1) is 24.6. The Balaban J connectivity index is 1.83. The largest absolute Gasteiger partial charge is 0.507 e. The van der Waals surface area contributed by atoms with Gasteiger partial charge in [-0.25, -0.2) is 0 Å². The molecule has 1 atom stereocenters. The lowest BCUT2D eigenvalue weighted by Gasteiger charge is -2.25. The molecule has 0 bridgehead atoms. The SMILES string of the molecule is CC(C)COc1ccc(/C(O)=C2/C(=O)C(=O)N(c3ccc(Cl)cc3)C2c2ccc(O)c(Cl)c2)cc1. The molecule has 0 aliphatic carbocycles. The summed E-state index contributed by atoms with van der Waals surface area (Å²) in [6, 6.07) is 16.5. The average Bonchev–Trinajstić information content (AvgIpc) is 3.10. The van der Waals surface area contributed by atoms with Gasteiger partial charge in [0.1, 0.15) is 17.3 Å². The van der Waals surface area contributed by atoms with Crippen molar-refractivity contribution in [1.29, 1.82) is 0 Å². The number of nitrogens with zero attached hydrogens (tertiary/aromatic N) is 1. The third kappa shape index (κ3) is 4.99. The van der Waals surface area contributed by atoms with Crippen LogP contribution in [-0.4, -0.2) is 28.5 Å². The maximum atomic E-state index is 13.2. The fraction of sp³-hybridized carbons (Fsp3) is 0.185. The molecular formula is C27H23Cl2NO5. The Bertz CT molecular complexity index is 1300. The number of Topliss-reactive ketones (excluding diaryl/α,β-unsaturated/α-hetero) is 1. The maximum absolute atomic E-state index is 13.2. The van der Waals surface area contributed by atoms with Crippen LogP contribution >= 0.6 is 23.2 Å². The van der Waals surface area contributed by atoms with Crippen LogP contribution in [0.25, 0.3) is 5.76 Å². The summed E-state index contributed by atoms with van der Waals surface area (Å²) in [5.41, 5.74) is 1.12. The number of hydrogen-bond acceptors (Lipinski definition) is 5. The number of ketones is 1. The molecule has 2 N–H and O–H groups in total. The molecule has 6 nitrogen and oxygen atoms in total. The molecule has 35 heavy (non-hydrogen) atoms. The van der Waals surface area contributed by atoms with E-state index in [-0.39, 0.29) is 22.1 Å². The molecule has 8 heteroatoms. The molecular weight excluding hydrogens is 489 g/mol. The molecule has 1 amide bonds. The van der Waals surface area contributed by atoms with E-state index in [9.17, 15) is 19.8 Å². The Morgan fingerprint density at radius 2 is 1.66 bits per heavy atom. The monoisotopic (exact) mass is 511 g/mol. The van der Waals surface area contributed by atoms with Crippen molar-refractivity contribution in [2.24, 2.45) is 5.92 Å². The Labute approximate surface area is 213 Å². The summed E-state index contributed by atoms with van der Waals surface area (Å²) in [6.45, 7) is 4.62. The molecule has 0 spiro atoms. The summed E-state index contributed by atoms with van der Waals surface area (Å²) in [7, 11) is 0. The van der Waals surface area contributed by atoms with E-state index in [1.807, 2.05) is 13.8 Å². The fourth-order valence-corrected chi connectivity index (χ4v) is 4.15. The first-order chi connectivity index (χ1) is 16.7. The summed E-state index contributed by atoms with van der Waals surface area (Å²) in [5.74, 6) is -1.14. The van der Waals surface area contributed by atoms with Crippen LogP contribution in [0.4, 0.5) is 5.69 Å². The predicted octanol–water partition coefficient (Wildman–Crippen LogP) is 6.36. The van der Waals surface area contributed by atoms with Crippen molar-refractivity contribution in [3.8, 4) is 11.5 Å². The van der Waals surface area contributed by atoms with Crippen LogP contribution in [0.5, 0.6) is 11.5 Å². The van der Waals surface area contributed by atoms with Gasteiger partial charge in [-0.15, -0.1) is 0 Å². The molecule has 0 radical (unpaired) electrons. The maximum Gasteiger partial charge on any atom is 0.300 e. The van der Waals surface area contributed by atoms with Crippen molar-refractivity contribution >= 4 is 46.3 Å². The van der Waals surface area contributed by atoms with Crippen LogP contribution in [0.3, 0.4) is 0 Å². The van der Waals surface area contributed by atoms with E-state index in [1.54, 1.807) is 54.6 Å². The third-order valence-corrected chi connectivity index (χ3v) is 6.10. The molecule has 1 fully saturated rings. The Hall–Kier alpha value is -3.48. The summed E-state index contributed by atoms with van der Waals surface area (Å²) >= 11 is 12.2. The molecule has 0 saturated carbocycles. The van der Waals surface area contributed by atoms with Crippen molar-refractivity contribution in [3.05, 3.63) is 93.5 Å². The van der Waals surface area contributed by atoms with Crippen LogP contribution in [0, 0.1) is 5.92 Å². The van der Waals surface area contributed by atoms with Crippen molar-refractivity contribution in [1.82, 2.24) is 0 Å². The topological polar surface area (TPSA) is 87.1 Å². The van der Waals surface area contributed by atoms with Crippen molar-refractivity contribution in [3.63, 3.8) is 0 Å². The second-order valence-electron chi connectivity index (χ2n) is 8.59. The summed E-state index contributed by atoms with van der Waals surface area (Å²) < 4.78 is 5.69. The minimum atomic E-state index is -0.980. The quantitative estimate of drug-likeness (QED) is 0.228. The number of anilines is 1. The zero-order valence-corrected chi connectivity index (χ0v) is 20.5. The molecule has 3 aromatic rings. The second-order valence-corrected chi connectivity index (χ2v) is 9.43. The number of aromatic hydroxyl groups is 1. The van der Waals surface area contributed by atoms with Gasteiger partial charge < -0.3 is 14.9 Å². The highest BCUT2D eigenvalue weighted by molar-refractivity contribution is 6.51. The van der Waals surface area contributed by atoms with Gasteiger partial charge in [0.15, 0.2) is 0 Å². The number of aliphatic hydroxyl groups excluding tert-OH is 1. The minimum Gasteiger partial charge on any atom is -0.507 e. The number of carbonyl (C=O) groups excluding carboxylic acids is 2. The van der Waals surface area contributed by atoms with Crippen LogP contribution in [0.15, 0.2) is 72.3 Å². The average molecular weight is 512 g/mol. The normalized spacial score (nSPS) is 17.3. The highest BCUT2D eigenvalue weighted by atomic mass is 35.5. The number of aliphatic hydroxyl groups is 1. The fourth-order valence-electron chi connectivity index (χ4n) is 3.84.